The second-order valence-corrected chi connectivity index (χ2v) is 6.63. The molecule has 0 spiro atoms. The molecule has 19 heavy (non-hydrogen) atoms. The predicted octanol–water partition coefficient (Wildman–Crippen LogP) is 3.65. The molecule has 0 fully saturated rings. The highest BCUT2D eigenvalue weighted by Gasteiger charge is 2.27. The zero-order valence-corrected chi connectivity index (χ0v) is 13.4. The first-order valence-corrected chi connectivity index (χ1v) is 8.44. The smallest absolute Gasteiger partial charge is 0.326 e. The van der Waals surface area contributed by atoms with Gasteiger partial charge in [-0.3, -0.25) is 9.36 Å². The molecule has 0 unspecified atom stereocenters. The molecule has 0 saturated heterocycles. The van der Waals surface area contributed by atoms with Crippen molar-refractivity contribution >= 4 is 35.1 Å². The van der Waals surface area contributed by atoms with E-state index in [1.54, 1.807) is 38.1 Å². The topological polar surface area (TPSA) is 64.6 Å². The molecule has 0 aromatic heterocycles. The summed E-state index contributed by atoms with van der Waals surface area (Å²) in [5, 5.41) is 2.65. The molecule has 0 heterocycles. The van der Waals surface area contributed by atoms with E-state index >= 15 is 0 Å². The van der Waals surface area contributed by atoms with Gasteiger partial charge in [-0.05, 0) is 38.1 Å². The van der Waals surface area contributed by atoms with E-state index in [0.29, 0.717) is 5.69 Å². The first-order chi connectivity index (χ1) is 8.99. The van der Waals surface area contributed by atoms with Gasteiger partial charge >= 0.3 is 7.60 Å². The minimum absolute atomic E-state index is 0.239. The van der Waals surface area contributed by atoms with Gasteiger partial charge in [0.05, 0.1) is 13.2 Å². The molecule has 0 saturated carbocycles. The van der Waals surface area contributed by atoms with E-state index in [1.165, 1.54) is 0 Å². The third-order valence-corrected chi connectivity index (χ3v) is 4.62. The fourth-order valence-corrected chi connectivity index (χ4v) is 3.17. The number of carbonyl (C=O) groups excluding carboxylic acids is 1. The van der Waals surface area contributed by atoms with Crippen molar-refractivity contribution in [2.24, 2.45) is 0 Å². The van der Waals surface area contributed by atoms with Crippen LogP contribution < -0.4 is 5.32 Å². The van der Waals surface area contributed by atoms with Gasteiger partial charge in [0.1, 0.15) is 6.16 Å². The molecular weight excluding hydrogens is 333 g/mol. The largest absolute Gasteiger partial charge is 0.340 e. The number of amides is 1. The third-order valence-electron chi connectivity index (χ3n) is 2.12. The van der Waals surface area contributed by atoms with Crippen LogP contribution in [0, 0.1) is 0 Å². The van der Waals surface area contributed by atoms with Gasteiger partial charge < -0.3 is 14.4 Å². The molecule has 1 N–H and O–H groups in total. The number of nitrogens with one attached hydrogen (secondary N) is 1. The van der Waals surface area contributed by atoms with Gasteiger partial charge in [-0.25, -0.2) is 0 Å². The number of benzene rings is 1. The van der Waals surface area contributed by atoms with Crippen molar-refractivity contribution in [1.29, 1.82) is 0 Å². The Morgan fingerprint density at radius 1 is 1.21 bits per heavy atom. The molecule has 1 aromatic rings. The summed E-state index contributed by atoms with van der Waals surface area (Å²) in [6.07, 6.45) is -0.287. The maximum absolute atomic E-state index is 12.2. The van der Waals surface area contributed by atoms with Gasteiger partial charge in [-0.15, -0.1) is 0 Å². The van der Waals surface area contributed by atoms with Crippen LogP contribution in [0.4, 0.5) is 5.69 Å². The Hall–Kier alpha value is -0.680. The molecule has 0 aliphatic rings. The number of anilines is 1. The summed E-state index contributed by atoms with van der Waals surface area (Å²) >= 11 is 3.30. The Kier molecular flexibility index (Phi) is 6.72. The SMILES string of the molecule is CCOP(=O)(CC(=O)Nc1ccc(Br)cc1)OCC. The lowest BCUT2D eigenvalue weighted by Gasteiger charge is -2.16. The van der Waals surface area contributed by atoms with Crippen molar-refractivity contribution in [3.63, 3.8) is 0 Å². The van der Waals surface area contributed by atoms with Crippen LogP contribution in [0.5, 0.6) is 0 Å². The average molecular weight is 350 g/mol. The van der Waals surface area contributed by atoms with Gasteiger partial charge in [-0.1, -0.05) is 15.9 Å². The molecule has 7 heteroatoms. The van der Waals surface area contributed by atoms with Crippen LogP contribution in [-0.2, 0) is 18.4 Å². The molecule has 0 aliphatic heterocycles. The van der Waals surface area contributed by atoms with Crippen molar-refractivity contribution in [2.75, 3.05) is 24.7 Å². The van der Waals surface area contributed by atoms with Crippen molar-refractivity contribution < 1.29 is 18.4 Å². The molecule has 0 atom stereocenters. The minimum atomic E-state index is -3.34. The van der Waals surface area contributed by atoms with E-state index in [1.807, 2.05) is 0 Å². The summed E-state index contributed by atoms with van der Waals surface area (Å²) < 4.78 is 23.2. The zero-order chi connectivity index (χ0) is 14.3. The molecular formula is C12H17BrNO4P. The van der Waals surface area contributed by atoms with Crippen LogP contribution in [0.2, 0.25) is 0 Å². The van der Waals surface area contributed by atoms with E-state index in [-0.39, 0.29) is 19.4 Å². The number of hydrogen-bond acceptors (Lipinski definition) is 4. The standard InChI is InChI=1S/C12H17BrNO4P/c1-3-17-19(16,18-4-2)9-12(15)14-11-7-5-10(13)6-8-11/h5-8H,3-4,9H2,1-2H3,(H,14,15). The van der Waals surface area contributed by atoms with Crippen molar-refractivity contribution in [3.05, 3.63) is 28.7 Å². The molecule has 0 bridgehead atoms. The number of carbonyl (C=O) groups is 1. The van der Waals surface area contributed by atoms with E-state index in [0.717, 1.165) is 4.47 Å². The molecule has 1 aromatic carbocycles. The van der Waals surface area contributed by atoms with Crippen molar-refractivity contribution in [3.8, 4) is 0 Å². The lowest BCUT2D eigenvalue weighted by molar-refractivity contribution is -0.114. The van der Waals surface area contributed by atoms with E-state index in [4.69, 9.17) is 9.05 Å². The first-order valence-electron chi connectivity index (χ1n) is 5.92. The molecule has 106 valence electrons. The quantitative estimate of drug-likeness (QED) is 0.763. The lowest BCUT2D eigenvalue weighted by Crippen LogP contribution is -2.18. The second-order valence-electron chi connectivity index (χ2n) is 3.66. The van der Waals surface area contributed by atoms with Gasteiger partial charge in [-0.2, -0.15) is 0 Å². The number of hydrogen-bond donors (Lipinski definition) is 1. The monoisotopic (exact) mass is 349 g/mol. The first kappa shape index (κ1) is 16.4. The number of rotatable bonds is 7. The summed E-state index contributed by atoms with van der Waals surface area (Å²) in [6.45, 7) is 3.89. The maximum Gasteiger partial charge on any atom is 0.340 e. The highest BCUT2D eigenvalue weighted by atomic mass is 79.9. The Morgan fingerprint density at radius 3 is 2.21 bits per heavy atom. The summed E-state index contributed by atoms with van der Waals surface area (Å²) in [7, 11) is -3.34. The zero-order valence-electron chi connectivity index (χ0n) is 10.9. The summed E-state index contributed by atoms with van der Waals surface area (Å²) in [6, 6.07) is 7.10. The highest BCUT2D eigenvalue weighted by Crippen LogP contribution is 2.47. The van der Waals surface area contributed by atoms with Gasteiger partial charge in [0.2, 0.25) is 5.91 Å². The van der Waals surface area contributed by atoms with Gasteiger partial charge in [0.25, 0.3) is 0 Å². The third kappa shape index (κ3) is 5.87. The molecule has 1 amide bonds. The van der Waals surface area contributed by atoms with E-state index in [2.05, 4.69) is 21.2 Å². The minimum Gasteiger partial charge on any atom is -0.326 e. The lowest BCUT2D eigenvalue weighted by atomic mass is 10.3. The van der Waals surface area contributed by atoms with E-state index < -0.39 is 13.5 Å². The van der Waals surface area contributed by atoms with E-state index in [9.17, 15) is 9.36 Å². The van der Waals surface area contributed by atoms with Crippen LogP contribution in [0.25, 0.3) is 0 Å². The maximum atomic E-state index is 12.2. The fourth-order valence-electron chi connectivity index (χ4n) is 1.43. The van der Waals surface area contributed by atoms with Crippen LogP contribution in [0.15, 0.2) is 28.7 Å². The van der Waals surface area contributed by atoms with Crippen molar-refractivity contribution in [1.82, 2.24) is 0 Å². The summed E-state index contributed by atoms with van der Waals surface area (Å²) in [5.74, 6) is -0.396. The predicted molar refractivity (Wildman–Crippen MR) is 78.5 cm³/mol. The molecule has 5 nitrogen and oxygen atoms in total. The normalized spacial score (nSPS) is 11.3. The Bertz CT molecular complexity index is 453. The molecule has 0 aliphatic carbocycles. The summed E-state index contributed by atoms with van der Waals surface area (Å²) in [4.78, 5) is 11.8. The van der Waals surface area contributed by atoms with Crippen LogP contribution in [-0.4, -0.2) is 25.3 Å². The van der Waals surface area contributed by atoms with Gasteiger partial charge in [0, 0.05) is 10.2 Å². The van der Waals surface area contributed by atoms with Gasteiger partial charge in [0.15, 0.2) is 0 Å². The van der Waals surface area contributed by atoms with Crippen LogP contribution >= 0.6 is 23.5 Å². The average Bonchev–Trinajstić information content (AvgIpc) is 2.32. The number of halogens is 1. The van der Waals surface area contributed by atoms with Crippen molar-refractivity contribution in [2.45, 2.75) is 13.8 Å². The van der Waals surface area contributed by atoms with Crippen LogP contribution in [0.3, 0.4) is 0 Å². The van der Waals surface area contributed by atoms with Crippen LogP contribution in [0.1, 0.15) is 13.8 Å². The molecule has 0 radical (unpaired) electrons. The summed E-state index contributed by atoms with van der Waals surface area (Å²) in [5.41, 5.74) is 0.632. The highest BCUT2D eigenvalue weighted by molar-refractivity contribution is 9.10. The Labute approximate surface area is 121 Å². The Balaban J connectivity index is 2.62. The second kappa shape index (κ2) is 7.80. The molecule has 1 rings (SSSR count). The Morgan fingerprint density at radius 2 is 1.74 bits per heavy atom. The fraction of sp³-hybridized carbons (Fsp3) is 0.417.